The lowest BCUT2D eigenvalue weighted by Gasteiger charge is -1.94. The van der Waals surface area contributed by atoms with Gasteiger partial charge < -0.3 is 0 Å². The SMILES string of the molecule is O=C1/C(=c2\cc/c(=c3/cc/c(=C4\C(=O)c5sc6ccccc6c5C4=O)s3)s2)C(=O)c2c1sc1ccccc21. The molecule has 2 aliphatic rings. The number of Topliss-reactive ketones (excluding diaryl/α,β-unsaturated/α-hetero) is 4. The molecule has 0 saturated carbocycles. The second kappa shape index (κ2) is 7.85. The Morgan fingerprint density at radius 2 is 0.789 bits per heavy atom. The predicted octanol–water partition coefficient (Wildman–Crippen LogP) is 5.99. The molecule has 0 amide bonds. The summed E-state index contributed by atoms with van der Waals surface area (Å²) < 4.78 is 4.89. The van der Waals surface area contributed by atoms with Crippen LogP contribution in [-0.4, -0.2) is 23.1 Å². The van der Waals surface area contributed by atoms with Crippen LogP contribution in [0.25, 0.3) is 31.3 Å². The number of ketones is 4. The molecule has 2 aliphatic carbocycles. The molecule has 0 spiro atoms. The average molecular weight is 565 g/mol. The van der Waals surface area contributed by atoms with E-state index in [2.05, 4.69) is 0 Å². The van der Waals surface area contributed by atoms with Gasteiger partial charge in [-0.05, 0) is 36.4 Å². The number of rotatable bonds is 0. The number of hydrogen-bond acceptors (Lipinski definition) is 8. The molecule has 0 N–H and O–H groups in total. The zero-order chi connectivity index (χ0) is 25.7. The number of fused-ring (bicyclic) bond motifs is 6. The molecule has 0 atom stereocenters. The van der Waals surface area contributed by atoms with Crippen LogP contribution in [0.4, 0.5) is 0 Å². The minimum absolute atomic E-state index is 0.219. The summed E-state index contributed by atoms with van der Waals surface area (Å²) in [5, 5.41) is 1.65. The summed E-state index contributed by atoms with van der Waals surface area (Å²) in [4.78, 5) is 54.2. The predicted molar refractivity (Wildman–Crippen MR) is 153 cm³/mol. The highest BCUT2D eigenvalue weighted by molar-refractivity contribution is 7.23. The Hall–Kier alpha value is -3.82. The molecule has 38 heavy (non-hydrogen) atoms. The highest BCUT2D eigenvalue weighted by Crippen LogP contribution is 2.40. The van der Waals surface area contributed by atoms with E-state index in [9.17, 15) is 19.2 Å². The summed E-state index contributed by atoms with van der Waals surface area (Å²) in [6, 6.07) is 22.6. The van der Waals surface area contributed by atoms with Crippen molar-refractivity contribution >= 4 is 99.8 Å². The molecular formula is C30H12O4S4. The molecule has 8 heteroatoms. The van der Waals surface area contributed by atoms with Gasteiger partial charge in [0.2, 0.25) is 23.1 Å². The number of thiophene rings is 4. The number of carbonyl (C=O) groups excluding carboxylic acids is 4. The van der Waals surface area contributed by atoms with E-state index in [1.165, 1.54) is 45.3 Å². The second-order valence-corrected chi connectivity index (χ2v) is 13.3. The maximum Gasteiger partial charge on any atom is 0.209 e. The molecule has 0 unspecified atom stereocenters. The Balaban J connectivity index is 1.28. The maximum atomic E-state index is 13.3. The minimum Gasteiger partial charge on any atom is -0.288 e. The number of hydrogen-bond donors (Lipinski definition) is 0. The lowest BCUT2D eigenvalue weighted by atomic mass is 10.1. The molecular weight excluding hydrogens is 553 g/mol. The number of benzene rings is 2. The molecule has 0 radical (unpaired) electrons. The first-order valence-electron chi connectivity index (χ1n) is 11.7. The van der Waals surface area contributed by atoms with Gasteiger partial charge >= 0.3 is 0 Å². The summed E-state index contributed by atoms with van der Waals surface area (Å²) in [7, 11) is 0. The first-order chi connectivity index (χ1) is 18.5. The average Bonchev–Trinajstić information content (AvgIpc) is 3.74. The van der Waals surface area contributed by atoms with Gasteiger partial charge in [0.05, 0.1) is 32.0 Å². The van der Waals surface area contributed by atoms with E-state index in [4.69, 9.17) is 0 Å². The summed E-state index contributed by atoms with van der Waals surface area (Å²) in [6.07, 6.45) is 0. The lowest BCUT2D eigenvalue weighted by Crippen LogP contribution is -2.10. The second-order valence-electron chi connectivity index (χ2n) is 9.00. The Kier molecular flexibility index (Phi) is 4.58. The third-order valence-electron chi connectivity index (χ3n) is 6.91. The van der Waals surface area contributed by atoms with Crippen molar-refractivity contribution < 1.29 is 19.2 Å². The fourth-order valence-electron chi connectivity index (χ4n) is 5.20. The topological polar surface area (TPSA) is 68.3 Å². The van der Waals surface area contributed by atoms with E-state index in [1.54, 1.807) is 0 Å². The van der Waals surface area contributed by atoms with Crippen molar-refractivity contribution in [2.45, 2.75) is 0 Å². The molecule has 6 aromatic rings. The highest BCUT2D eigenvalue weighted by atomic mass is 32.1. The normalized spacial score (nSPS) is 18.7. The molecule has 2 aromatic carbocycles. The maximum absolute atomic E-state index is 13.3. The van der Waals surface area contributed by atoms with Gasteiger partial charge in [0.1, 0.15) is 0 Å². The van der Waals surface area contributed by atoms with Gasteiger partial charge in [0, 0.05) is 38.3 Å². The van der Waals surface area contributed by atoms with Crippen LogP contribution in [0, 0.1) is 9.06 Å². The van der Waals surface area contributed by atoms with Crippen molar-refractivity contribution in [3.63, 3.8) is 0 Å². The van der Waals surface area contributed by atoms with Crippen LogP contribution in [0.1, 0.15) is 40.1 Å². The molecule has 4 heterocycles. The Morgan fingerprint density at radius 3 is 1.24 bits per heavy atom. The van der Waals surface area contributed by atoms with Gasteiger partial charge in [0.15, 0.2) is 0 Å². The highest BCUT2D eigenvalue weighted by Gasteiger charge is 2.38. The van der Waals surface area contributed by atoms with E-state index in [0.29, 0.717) is 29.9 Å². The molecule has 180 valence electrons. The van der Waals surface area contributed by atoms with Crippen LogP contribution >= 0.6 is 45.3 Å². The van der Waals surface area contributed by atoms with E-state index >= 15 is 0 Å². The first kappa shape index (κ1) is 22.2. The van der Waals surface area contributed by atoms with Crippen molar-refractivity contribution in [3.8, 4) is 0 Å². The zero-order valence-corrected chi connectivity index (χ0v) is 22.5. The van der Waals surface area contributed by atoms with Crippen molar-refractivity contribution in [2.75, 3.05) is 0 Å². The van der Waals surface area contributed by atoms with Gasteiger partial charge in [-0.3, -0.25) is 19.2 Å². The fourth-order valence-corrected chi connectivity index (χ4v) is 9.67. The van der Waals surface area contributed by atoms with Crippen LogP contribution in [-0.2, 0) is 0 Å². The smallest absolute Gasteiger partial charge is 0.209 e. The van der Waals surface area contributed by atoms with Crippen LogP contribution in [0.5, 0.6) is 0 Å². The molecule has 0 aliphatic heterocycles. The summed E-state index contributed by atoms with van der Waals surface area (Å²) in [6.45, 7) is 0. The molecule has 0 bridgehead atoms. The molecule has 4 aromatic heterocycles. The van der Waals surface area contributed by atoms with Crippen LogP contribution < -0.4 is 9.06 Å². The fraction of sp³-hybridized carbons (Fsp3) is 0. The van der Waals surface area contributed by atoms with Crippen LogP contribution in [0.15, 0.2) is 72.8 Å². The number of carbonyl (C=O) groups is 4. The van der Waals surface area contributed by atoms with Crippen molar-refractivity contribution in [1.82, 2.24) is 0 Å². The van der Waals surface area contributed by atoms with E-state index in [-0.39, 0.29) is 34.3 Å². The van der Waals surface area contributed by atoms with Crippen LogP contribution in [0.2, 0.25) is 0 Å². The van der Waals surface area contributed by atoms with Crippen molar-refractivity contribution in [1.29, 1.82) is 0 Å². The third-order valence-corrected chi connectivity index (χ3v) is 11.7. The molecule has 4 nitrogen and oxygen atoms in total. The standard InChI is InChI=1S/C30H12O4S4/c31-25-21-13-5-1-3-7-15(13)37-29(21)27(33)23(25)19-11-9-17(35-19)18-10-12-20(36-18)24-26(32)22-14-6-2-4-8-16(14)38-30(22)28(24)34/h1-12H/b18-17+,23-19+,24-20+. The molecule has 0 fully saturated rings. The minimum atomic E-state index is -0.223. The lowest BCUT2D eigenvalue weighted by molar-refractivity contribution is 0.101. The Morgan fingerprint density at radius 1 is 0.395 bits per heavy atom. The third kappa shape index (κ3) is 2.88. The van der Waals surface area contributed by atoms with E-state index in [0.717, 1.165) is 29.2 Å². The largest absolute Gasteiger partial charge is 0.288 e. The van der Waals surface area contributed by atoms with Gasteiger partial charge in [-0.1, -0.05) is 36.4 Å². The van der Waals surface area contributed by atoms with Gasteiger partial charge in [-0.25, -0.2) is 0 Å². The van der Waals surface area contributed by atoms with Gasteiger partial charge in [-0.15, -0.1) is 45.3 Å². The van der Waals surface area contributed by atoms with Crippen molar-refractivity contribution in [2.24, 2.45) is 0 Å². The molecule has 0 saturated heterocycles. The van der Waals surface area contributed by atoms with Gasteiger partial charge in [-0.2, -0.15) is 0 Å². The first-order valence-corrected chi connectivity index (χ1v) is 14.9. The van der Waals surface area contributed by atoms with Crippen LogP contribution in [0.3, 0.4) is 0 Å². The summed E-state index contributed by atoms with van der Waals surface area (Å²) >= 11 is 5.48. The zero-order valence-electron chi connectivity index (χ0n) is 19.2. The van der Waals surface area contributed by atoms with E-state index < -0.39 is 0 Å². The Bertz CT molecular complexity index is 2160. The van der Waals surface area contributed by atoms with Gasteiger partial charge in [0.25, 0.3) is 0 Å². The van der Waals surface area contributed by atoms with E-state index in [1.807, 2.05) is 72.8 Å². The summed E-state index contributed by atoms with van der Waals surface area (Å²) in [5.74, 6) is -0.886. The monoisotopic (exact) mass is 564 g/mol. The quantitative estimate of drug-likeness (QED) is 0.227. The van der Waals surface area contributed by atoms with Crippen molar-refractivity contribution in [3.05, 3.63) is 112 Å². The summed E-state index contributed by atoms with van der Waals surface area (Å²) in [5.41, 5.74) is 1.45. The Labute approximate surface area is 229 Å². The molecule has 8 rings (SSSR count).